The second-order valence-electron chi connectivity index (χ2n) is 4.89. The average molecular weight is 324 g/mol. The van der Waals surface area contributed by atoms with Crippen molar-refractivity contribution < 1.29 is 27.4 Å². The lowest BCUT2D eigenvalue weighted by Crippen LogP contribution is -2.19. The Hall–Kier alpha value is -2.50. The lowest BCUT2D eigenvalue weighted by atomic mass is 10.1. The molecule has 0 N–H and O–H groups in total. The number of para-hydroxylation sites is 1. The van der Waals surface area contributed by atoms with Gasteiger partial charge in [-0.2, -0.15) is 13.2 Å². The molecule has 0 aliphatic rings. The van der Waals surface area contributed by atoms with Gasteiger partial charge in [-0.1, -0.05) is 24.3 Å². The van der Waals surface area contributed by atoms with Crippen LogP contribution in [0.4, 0.5) is 13.2 Å². The van der Waals surface area contributed by atoms with E-state index in [1.165, 1.54) is 19.1 Å². The maximum atomic E-state index is 12.1. The highest BCUT2D eigenvalue weighted by Crippen LogP contribution is 2.21. The highest BCUT2D eigenvalue weighted by atomic mass is 19.4. The number of carbonyl (C=O) groups excluding carboxylic acids is 1. The van der Waals surface area contributed by atoms with E-state index in [4.69, 9.17) is 4.74 Å². The Morgan fingerprint density at radius 2 is 1.65 bits per heavy atom. The summed E-state index contributed by atoms with van der Waals surface area (Å²) >= 11 is 0. The van der Waals surface area contributed by atoms with E-state index in [-0.39, 0.29) is 18.1 Å². The number of Topliss-reactive ketones (excluding diaryl/α,β-unsaturated/α-hetero) is 1. The molecule has 0 bridgehead atoms. The third-order valence-corrected chi connectivity index (χ3v) is 2.99. The van der Waals surface area contributed by atoms with Crippen LogP contribution in [0.1, 0.15) is 22.8 Å². The van der Waals surface area contributed by atoms with Crippen LogP contribution < -0.4 is 9.47 Å². The van der Waals surface area contributed by atoms with Gasteiger partial charge >= 0.3 is 6.18 Å². The predicted molar refractivity (Wildman–Crippen MR) is 78.8 cm³/mol. The van der Waals surface area contributed by atoms with Gasteiger partial charge in [0.15, 0.2) is 12.4 Å². The first-order valence-corrected chi connectivity index (χ1v) is 6.86. The third-order valence-electron chi connectivity index (χ3n) is 2.99. The minimum absolute atomic E-state index is 0.100. The van der Waals surface area contributed by atoms with Gasteiger partial charge in [0.2, 0.25) is 0 Å². The van der Waals surface area contributed by atoms with Crippen LogP contribution in [0, 0.1) is 0 Å². The molecule has 0 amide bonds. The Balaban J connectivity index is 1.96. The zero-order valence-electron chi connectivity index (χ0n) is 12.4. The van der Waals surface area contributed by atoms with Gasteiger partial charge < -0.3 is 9.47 Å². The quantitative estimate of drug-likeness (QED) is 0.738. The molecule has 0 fully saturated rings. The minimum Gasteiger partial charge on any atom is -0.488 e. The molecule has 0 aliphatic carbocycles. The minimum atomic E-state index is -4.36. The monoisotopic (exact) mass is 324 g/mol. The average Bonchev–Trinajstić information content (AvgIpc) is 2.51. The summed E-state index contributed by atoms with van der Waals surface area (Å²) in [5.74, 6) is 0.504. The van der Waals surface area contributed by atoms with Crippen molar-refractivity contribution in [3.63, 3.8) is 0 Å². The summed E-state index contributed by atoms with van der Waals surface area (Å²) in [6.07, 6.45) is -4.36. The third kappa shape index (κ3) is 5.32. The number of halogens is 3. The van der Waals surface area contributed by atoms with E-state index >= 15 is 0 Å². The van der Waals surface area contributed by atoms with Gasteiger partial charge in [-0.3, -0.25) is 4.79 Å². The normalized spacial score (nSPS) is 11.1. The second kappa shape index (κ2) is 7.17. The van der Waals surface area contributed by atoms with Crippen LogP contribution >= 0.6 is 0 Å². The van der Waals surface area contributed by atoms with Gasteiger partial charge in [-0.05, 0) is 36.8 Å². The van der Waals surface area contributed by atoms with Crippen molar-refractivity contribution in [3.8, 4) is 11.5 Å². The van der Waals surface area contributed by atoms with E-state index in [1.54, 1.807) is 36.4 Å². The highest BCUT2D eigenvalue weighted by molar-refractivity contribution is 5.96. The van der Waals surface area contributed by atoms with Crippen LogP contribution in [0.25, 0.3) is 0 Å². The van der Waals surface area contributed by atoms with Crippen LogP contribution in [0.2, 0.25) is 0 Å². The summed E-state index contributed by atoms with van der Waals surface area (Å²) in [5, 5.41) is 0. The Morgan fingerprint density at radius 3 is 2.26 bits per heavy atom. The van der Waals surface area contributed by atoms with E-state index in [0.717, 1.165) is 5.56 Å². The smallest absolute Gasteiger partial charge is 0.422 e. The lowest BCUT2D eigenvalue weighted by Gasteiger charge is -2.11. The largest absolute Gasteiger partial charge is 0.488 e. The standard InChI is InChI=1S/C17H15F3O3/c1-12(21)15-4-2-3-5-16(15)22-10-13-6-8-14(9-7-13)23-11-17(18,19)20/h2-9H,10-11H2,1H3. The van der Waals surface area contributed by atoms with Crippen LogP contribution in [-0.2, 0) is 6.61 Å². The molecule has 0 saturated carbocycles. The fourth-order valence-corrected chi connectivity index (χ4v) is 1.89. The van der Waals surface area contributed by atoms with Gasteiger partial charge in [0, 0.05) is 0 Å². The molecule has 0 atom stereocenters. The number of hydrogen-bond acceptors (Lipinski definition) is 3. The summed E-state index contributed by atoms with van der Waals surface area (Å²) < 4.78 is 46.4. The fraction of sp³-hybridized carbons (Fsp3) is 0.235. The van der Waals surface area contributed by atoms with Crippen molar-refractivity contribution in [2.45, 2.75) is 19.7 Å². The van der Waals surface area contributed by atoms with Crippen molar-refractivity contribution in [2.24, 2.45) is 0 Å². The number of alkyl halides is 3. The van der Waals surface area contributed by atoms with E-state index in [1.807, 2.05) is 0 Å². The molecule has 2 aromatic carbocycles. The van der Waals surface area contributed by atoms with Crippen molar-refractivity contribution in [1.82, 2.24) is 0 Å². The molecule has 122 valence electrons. The fourth-order valence-electron chi connectivity index (χ4n) is 1.89. The maximum absolute atomic E-state index is 12.1. The van der Waals surface area contributed by atoms with Crippen molar-refractivity contribution in [3.05, 3.63) is 59.7 Å². The topological polar surface area (TPSA) is 35.5 Å². The Labute approximate surface area is 131 Å². The first-order chi connectivity index (χ1) is 10.8. The molecule has 0 radical (unpaired) electrons. The molecule has 2 aromatic rings. The second-order valence-corrected chi connectivity index (χ2v) is 4.89. The number of ketones is 1. The van der Waals surface area contributed by atoms with Crippen LogP contribution in [0.3, 0.4) is 0 Å². The number of carbonyl (C=O) groups is 1. The molecule has 0 aromatic heterocycles. The van der Waals surface area contributed by atoms with Gasteiger partial charge in [0.1, 0.15) is 18.1 Å². The van der Waals surface area contributed by atoms with Gasteiger partial charge in [0.25, 0.3) is 0 Å². The summed E-state index contributed by atoms with van der Waals surface area (Å²) in [5.41, 5.74) is 1.24. The number of rotatable bonds is 6. The van der Waals surface area contributed by atoms with Gasteiger partial charge in [0.05, 0.1) is 5.56 Å². The molecule has 23 heavy (non-hydrogen) atoms. The SMILES string of the molecule is CC(=O)c1ccccc1OCc1ccc(OCC(F)(F)F)cc1. The van der Waals surface area contributed by atoms with Crippen LogP contribution in [0.15, 0.2) is 48.5 Å². The zero-order chi connectivity index (χ0) is 16.9. The number of hydrogen-bond donors (Lipinski definition) is 0. The molecule has 0 aliphatic heterocycles. The van der Waals surface area contributed by atoms with Crippen LogP contribution in [-0.4, -0.2) is 18.6 Å². The summed E-state index contributed by atoms with van der Waals surface area (Å²) in [7, 11) is 0. The molecule has 0 unspecified atom stereocenters. The Morgan fingerprint density at radius 1 is 1.00 bits per heavy atom. The molecular formula is C17H15F3O3. The highest BCUT2D eigenvalue weighted by Gasteiger charge is 2.28. The summed E-state index contributed by atoms with van der Waals surface area (Å²) in [4.78, 5) is 11.5. The Bertz CT molecular complexity index is 664. The molecule has 2 rings (SSSR count). The molecular weight excluding hydrogens is 309 g/mol. The van der Waals surface area contributed by atoms with Crippen LogP contribution in [0.5, 0.6) is 11.5 Å². The maximum Gasteiger partial charge on any atom is 0.422 e. The van der Waals surface area contributed by atoms with Crippen molar-refractivity contribution in [1.29, 1.82) is 0 Å². The van der Waals surface area contributed by atoms with Crippen molar-refractivity contribution in [2.75, 3.05) is 6.61 Å². The molecule has 0 spiro atoms. The van der Waals surface area contributed by atoms with E-state index < -0.39 is 12.8 Å². The van der Waals surface area contributed by atoms with Gasteiger partial charge in [-0.15, -0.1) is 0 Å². The zero-order valence-corrected chi connectivity index (χ0v) is 12.4. The van der Waals surface area contributed by atoms with E-state index in [2.05, 4.69) is 4.74 Å². The molecule has 6 heteroatoms. The van der Waals surface area contributed by atoms with E-state index in [9.17, 15) is 18.0 Å². The number of benzene rings is 2. The number of ether oxygens (including phenoxy) is 2. The first kappa shape index (κ1) is 16.9. The lowest BCUT2D eigenvalue weighted by molar-refractivity contribution is -0.153. The van der Waals surface area contributed by atoms with Gasteiger partial charge in [-0.25, -0.2) is 0 Å². The summed E-state index contributed by atoms with van der Waals surface area (Å²) in [6, 6.07) is 13.0. The first-order valence-electron chi connectivity index (χ1n) is 6.86. The molecule has 3 nitrogen and oxygen atoms in total. The molecule has 0 saturated heterocycles. The van der Waals surface area contributed by atoms with Crippen molar-refractivity contribution >= 4 is 5.78 Å². The summed E-state index contributed by atoms with van der Waals surface area (Å²) in [6.45, 7) is 0.327. The van der Waals surface area contributed by atoms with E-state index in [0.29, 0.717) is 11.3 Å². The predicted octanol–water partition coefficient (Wildman–Crippen LogP) is 4.41. The Kier molecular flexibility index (Phi) is 5.26. The molecule has 0 heterocycles.